The van der Waals surface area contributed by atoms with Gasteiger partial charge in [0.15, 0.2) is 0 Å². The van der Waals surface area contributed by atoms with Gasteiger partial charge in [-0.3, -0.25) is 4.98 Å². The maximum atomic E-state index is 12.6. The maximum absolute atomic E-state index is 12.6. The van der Waals surface area contributed by atoms with E-state index in [9.17, 15) is 8.42 Å². The molecular formula is C12H17N3O4S2. The van der Waals surface area contributed by atoms with Crippen LogP contribution in [0.1, 0.15) is 12.6 Å². The van der Waals surface area contributed by atoms with Crippen LogP contribution in [0.4, 0.5) is 0 Å². The van der Waals surface area contributed by atoms with Crippen molar-refractivity contribution in [3.8, 4) is 0 Å². The van der Waals surface area contributed by atoms with E-state index in [0.717, 1.165) is 0 Å². The Bertz CT molecular complexity index is 618. The number of morpholine rings is 1. The second-order valence-electron chi connectivity index (χ2n) is 4.81. The van der Waals surface area contributed by atoms with Crippen molar-refractivity contribution >= 4 is 27.2 Å². The van der Waals surface area contributed by atoms with Gasteiger partial charge >= 0.3 is 0 Å². The van der Waals surface area contributed by atoms with Crippen molar-refractivity contribution < 1.29 is 18.3 Å². The maximum Gasteiger partial charge on any atom is 0.245 e. The lowest BCUT2D eigenvalue weighted by Crippen LogP contribution is -2.51. The first-order chi connectivity index (χ1) is 9.86. The molecule has 2 atom stereocenters. The summed E-state index contributed by atoms with van der Waals surface area (Å²) >= 11 is 4.78. The summed E-state index contributed by atoms with van der Waals surface area (Å²) in [6.45, 7) is 1.87. The zero-order valence-corrected chi connectivity index (χ0v) is 13.1. The Balaban J connectivity index is 2.29. The van der Waals surface area contributed by atoms with Gasteiger partial charge in [0.25, 0.3) is 0 Å². The second-order valence-corrected chi connectivity index (χ2v) is 7.14. The van der Waals surface area contributed by atoms with Gasteiger partial charge in [-0.25, -0.2) is 8.42 Å². The Morgan fingerprint density at radius 3 is 2.86 bits per heavy atom. The number of pyridine rings is 1. The van der Waals surface area contributed by atoms with Gasteiger partial charge in [0, 0.05) is 18.8 Å². The number of rotatable bonds is 4. The van der Waals surface area contributed by atoms with Crippen LogP contribution in [-0.4, -0.2) is 59.7 Å². The van der Waals surface area contributed by atoms with Gasteiger partial charge in [0.2, 0.25) is 10.0 Å². The minimum Gasteiger partial charge on any atom is -0.394 e. The van der Waals surface area contributed by atoms with Crippen molar-refractivity contribution in [1.29, 1.82) is 0 Å². The van der Waals surface area contributed by atoms with E-state index in [2.05, 4.69) is 4.98 Å². The molecule has 1 saturated heterocycles. The number of nitrogens with zero attached hydrogens (tertiary/aromatic N) is 2. The summed E-state index contributed by atoms with van der Waals surface area (Å²) in [4.78, 5) is 4.12. The van der Waals surface area contributed by atoms with Crippen LogP contribution in [0.3, 0.4) is 0 Å². The van der Waals surface area contributed by atoms with Gasteiger partial charge in [0.1, 0.15) is 9.88 Å². The lowest BCUT2D eigenvalue weighted by Gasteiger charge is -2.36. The largest absolute Gasteiger partial charge is 0.394 e. The predicted octanol–water partition coefficient (Wildman–Crippen LogP) is -0.514. The van der Waals surface area contributed by atoms with E-state index < -0.39 is 16.1 Å². The molecule has 3 N–H and O–H groups in total. The number of aliphatic hydroxyl groups is 1. The smallest absolute Gasteiger partial charge is 0.245 e. The summed E-state index contributed by atoms with van der Waals surface area (Å²) in [5.74, 6) is 0. The number of thiocarbonyl (C=S) groups is 1. The summed E-state index contributed by atoms with van der Waals surface area (Å²) in [7, 11) is -3.70. The molecule has 0 aromatic carbocycles. The van der Waals surface area contributed by atoms with E-state index in [-0.39, 0.29) is 35.7 Å². The number of aliphatic hydroxyl groups excluding tert-OH is 1. The van der Waals surface area contributed by atoms with Crippen LogP contribution in [-0.2, 0) is 14.8 Å². The Hall–Kier alpha value is -1.13. The fourth-order valence-electron chi connectivity index (χ4n) is 2.05. The van der Waals surface area contributed by atoms with Crippen molar-refractivity contribution in [3.63, 3.8) is 0 Å². The molecule has 1 fully saturated rings. The standard InChI is InChI=1S/C12H17N3O4S2/c1-8-7-19-9(6-16)5-15(8)21(17,18)10-2-3-11(12(13)20)14-4-10/h2-4,8-9,16H,5-7H2,1H3,(H2,13,20). The molecule has 1 aromatic rings. The molecule has 2 rings (SSSR count). The van der Waals surface area contributed by atoms with Crippen LogP contribution in [0.15, 0.2) is 23.2 Å². The summed E-state index contributed by atoms with van der Waals surface area (Å²) in [6.07, 6.45) is 0.722. The van der Waals surface area contributed by atoms with Crippen LogP contribution < -0.4 is 5.73 Å². The van der Waals surface area contributed by atoms with Gasteiger partial charge in [-0.2, -0.15) is 4.31 Å². The summed E-state index contributed by atoms with van der Waals surface area (Å²) in [5.41, 5.74) is 5.81. The van der Waals surface area contributed by atoms with Crippen LogP contribution >= 0.6 is 12.2 Å². The number of hydrogen-bond donors (Lipinski definition) is 2. The highest BCUT2D eigenvalue weighted by Gasteiger charge is 2.35. The van der Waals surface area contributed by atoms with E-state index in [4.69, 9.17) is 27.8 Å². The molecule has 0 saturated carbocycles. The van der Waals surface area contributed by atoms with E-state index in [1.807, 2.05) is 0 Å². The predicted molar refractivity (Wildman–Crippen MR) is 80.3 cm³/mol. The molecule has 0 aliphatic carbocycles. The molecule has 21 heavy (non-hydrogen) atoms. The third-order valence-corrected chi connectivity index (χ3v) is 5.42. The summed E-state index contributed by atoms with van der Waals surface area (Å²) in [6, 6.07) is 2.59. The van der Waals surface area contributed by atoms with Gasteiger partial charge in [-0.05, 0) is 19.1 Å². The molecule has 0 spiro atoms. The number of sulfonamides is 1. The highest BCUT2D eigenvalue weighted by Crippen LogP contribution is 2.22. The van der Waals surface area contributed by atoms with Crippen LogP contribution in [0, 0.1) is 0 Å². The first-order valence-electron chi connectivity index (χ1n) is 6.36. The average molecular weight is 331 g/mol. The normalized spacial score (nSPS) is 23.9. The number of aromatic nitrogens is 1. The highest BCUT2D eigenvalue weighted by atomic mass is 32.2. The third kappa shape index (κ3) is 3.38. The van der Waals surface area contributed by atoms with Gasteiger partial charge in [-0.15, -0.1) is 0 Å². The molecular weight excluding hydrogens is 314 g/mol. The molecule has 1 aliphatic heterocycles. The van der Waals surface area contributed by atoms with Gasteiger partial charge < -0.3 is 15.6 Å². The minimum atomic E-state index is -3.70. The SMILES string of the molecule is CC1COC(CO)CN1S(=O)(=O)c1ccc(C(N)=S)nc1. The molecule has 0 bridgehead atoms. The topological polar surface area (TPSA) is 106 Å². The zero-order chi connectivity index (χ0) is 15.6. The van der Waals surface area contributed by atoms with Crippen LogP contribution in [0.5, 0.6) is 0 Å². The fraction of sp³-hybridized carbons (Fsp3) is 0.500. The molecule has 0 amide bonds. The minimum absolute atomic E-state index is 0.0629. The quantitative estimate of drug-likeness (QED) is 0.716. The Morgan fingerprint density at radius 2 is 2.33 bits per heavy atom. The Morgan fingerprint density at radius 1 is 1.62 bits per heavy atom. The molecule has 0 radical (unpaired) electrons. The van der Waals surface area contributed by atoms with Crippen molar-refractivity contribution in [2.24, 2.45) is 5.73 Å². The molecule has 1 aliphatic rings. The number of nitrogens with two attached hydrogens (primary N) is 1. The lowest BCUT2D eigenvalue weighted by molar-refractivity contribution is -0.0516. The van der Waals surface area contributed by atoms with Crippen molar-refractivity contribution in [2.45, 2.75) is 24.0 Å². The lowest BCUT2D eigenvalue weighted by atomic mass is 10.2. The zero-order valence-electron chi connectivity index (χ0n) is 11.5. The van der Waals surface area contributed by atoms with E-state index in [1.165, 1.54) is 22.6 Å². The monoisotopic (exact) mass is 331 g/mol. The van der Waals surface area contributed by atoms with E-state index in [0.29, 0.717) is 5.69 Å². The highest BCUT2D eigenvalue weighted by molar-refractivity contribution is 7.89. The summed E-state index contributed by atoms with van der Waals surface area (Å²) in [5, 5.41) is 9.14. The Labute approximate surface area is 128 Å². The molecule has 2 heterocycles. The fourth-order valence-corrected chi connectivity index (χ4v) is 3.77. The molecule has 116 valence electrons. The molecule has 2 unspecified atom stereocenters. The van der Waals surface area contributed by atoms with Gasteiger partial charge in [-0.1, -0.05) is 12.2 Å². The first kappa shape index (κ1) is 16.2. The van der Waals surface area contributed by atoms with Crippen molar-refractivity contribution in [1.82, 2.24) is 9.29 Å². The van der Waals surface area contributed by atoms with Gasteiger partial charge in [0.05, 0.1) is 25.0 Å². The molecule has 9 heteroatoms. The van der Waals surface area contributed by atoms with Crippen molar-refractivity contribution in [2.75, 3.05) is 19.8 Å². The van der Waals surface area contributed by atoms with Crippen LogP contribution in [0.2, 0.25) is 0 Å². The van der Waals surface area contributed by atoms with E-state index >= 15 is 0 Å². The average Bonchev–Trinajstić information content (AvgIpc) is 2.47. The summed E-state index contributed by atoms with van der Waals surface area (Å²) < 4.78 is 31.9. The van der Waals surface area contributed by atoms with E-state index in [1.54, 1.807) is 6.92 Å². The van der Waals surface area contributed by atoms with Crippen molar-refractivity contribution in [3.05, 3.63) is 24.0 Å². The second kappa shape index (κ2) is 6.32. The third-order valence-electron chi connectivity index (χ3n) is 3.25. The first-order valence-corrected chi connectivity index (χ1v) is 8.21. The molecule has 7 nitrogen and oxygen atoms in total. The number of hydrogen-bond acceptors (Lipinski definition) is 6. The van der Waals surface area contributed by atoms with Crippen LogP contribution in [0.25, 0.3) is 0 Å². The Kier molecular flexibility index (Phi) is 4.89. The molecule has 1 aromatic heterocycles. The number of ether oxygens (including phenoxy) is 1.